The number of hydrogen-bond acceptors (Lipinski definition) is 7. The van der Waals surface area contributed by atoms with Gasteiger partial charge in [-0.3, -0.25) is 4.79 Å². The normalized spacial score (nSPS) is 16.6. The fraction of sp³-hybridized carbons (Fsp3) is 0.300. The van der Waals surface area contributed by atoms with E-state index in [4.69, 9.17) is 19.2 Å². The summed E-state index contributed by atoms with van der Waals surface area (Å²) in [5, 5.41) is 9.94. The molecule has 3 aromatic rings. The number of benzene rings is 1. The highest BCUT2D eigenvalue weighted by molar-refractivity contribution is 5.97. The molecule has 8 heteroatoms. The van der Waals surface area contributed by atoms with Crippen LogP contribution in [0.3, 0.4) is 0 Å². The number of nitrogens with zero attached hydrogens (tertiary/aromatic N) is 4. The second-order valence-corrected chi connectivity index (χ2v) is 6.44. The summed E-state index contributed by atoms with van der Waals surface area (Å²) in [6.07, 6.45) is 4.20. The number of piperidine rings is 1. The first kappa shape index (κ1) is 17.8. The average molecular weight is 378 g/mol. The Morgan fingerprint density at radius 1 is 1.36 bits per heavy atom. The van der Waals surface area contributed by atoms with Gasteiger partial charge in [0.15, 0.2) is 17.1 Å². The highest BCUT2D eigenvalue weighted by Crippen LogP contribution is 2.29. The van der Waals surface area contributed by atoms with Crippen LogP contribution in [0, 0.1) is 11.3 Å². The topological polar surface area (TPSA) is 101 Å². The molecule has 0 N–H and O–H groups in total. The second-order valence-electron chi connectivity index (χ2n) is 6.44. The van der Waals surface area contributed by atoms with Crippen molar-refractivity contribution in [1.82, 2.24) is 14.9 Å². The van der Waals surface area contributed by atoms with E-state index in [1.807, 2.05) is 18.2 Å². The molecular formula is C20H18N4O4. The third-order valence-electron chi connectivity index (χ3n) is 4.65. The maximum Gasteiger partial charge on any atom is 0.289 e. The highest BCUT2D eigenvalue weighted by atomic mass is 16.5. The van der Waals surface area contributed by atoms with Crippen LogP contribution >= 0.6 is 0 Å². The number of furan rings is 1. The van der Waals surface area contributed by atoms with Gasteiger partial charge in [-0.25, -0.2) is 9.97 Å². The van der Waals surface area contributed by atoms with Gasteiger partial charge >= 0.3 is 0 Å². The van der Waals surface area contributed by atoms with E-state index >= 15 is 0 Å². The largest absolute Gasteiger partial charge is 0.493 e. The summed E-state index contributed by atoms with van der Waals surface area (Å²) in [4.78, 5) is 22.7. The van der Waals surface area contributed by atoms with E-state index in [0.29, 0.717) is 24.4 Å². The smallest absolute Gasteiger partial charge is 0.289 e. The van der Waals surface area contributed by atoms with Gasteiger partial charge in [-0.1, -0.05) is 12.1 Å². The first-order valence-electron chi connectivity index (χ1n) is 8.93. The van der Waals surface area contributed by atoms with Crippen molar-refractivity contribution in [3.8, 4) is 17.7 Å². The monoisotopic (exact) mass is 378 g/mol. The summed E-state index contributed by atoms with van der Waals surface area (Å²) in [5.41, 5.74) is 0.687. The lowest BCUT2D eigenvalue weighted by Crippen LogP contribution is -2.44. The molecule has 3 heterocycles. The van der Waals surface area contributed by atoms with E-state index in [1.165, 1.54) is 12.4 Å². The molecule has 1 aliphatic heterocycles. The minimum atomic E-state index is -0.264. The van der Waals surface area contributed by atoms with Crippen LogP contribution in [0.5, 0.6) is 11.6 Å². The number of hydrogen-bond donors (Lipinski definition) is 0. The van der Waals surface area contributed by atoms with Crippen molar-refractivity contribution >= 4 is 16.9 Å². The van der Waals surface area contributed by atoms with E-state index in [9.17, 15) is 4.79 Å². The quantitative estimate of drug-likeness (QED) is 0.688. The lowest BCUT2D eigenvalue weighted by Gasteiger charge is -2.32. The average Bonchev–Trinajstić information content (AvgIpc) is 3.18. The Bertz CT molecular complexity index is 1060. The second kappa shape index (κ2) is 7.56. The third kappa shape index (κ3) is 3.34. The van der Waals surface area contributed by atoms with Crippen molar-refractivity contribution < 1.29 is 18.7 Å². The molecule has 1 fully saturated rings. The molecule has 1 aromatic carbocycles. The van der Waals surface area contributed by atoms with Crippen molar-refractivity contribution in [2.45, 2.75) is 18.9 Å². The summed E-state index contributed by atoms with van der Waals surface area (Å²) in [5.74, 6) is 0.837. The van der Waals surface area contributed by atoms with Crippen molar-refractivity contribution in [2.75, 3.05) is 20.2 Å². The highest BCUT2D eigenvalue weighted by Gasteiger charge is 2.28. The molecule has 1 aliphatic rings. The van der Waals surface area contributed by atoms with Gasteiger partial charge in [-0.05, 0) is 25.0 Å². The Morgan fingerprint density at radius 2 is 2.21 bits per heavy atom. The van der Waals surface area contributed by atoms with Gasteiger partial charge in [-0.15, -0.1) is 0 Å². The SMILES string of the molecule is COc1cccc2cc(C(=O)N3CCC[C@H](Oc4nccnc4C#N)C3)oc12. The molecule has 1 atom stereocenters. The van der Waals surface area contributed by atoms with Crippen molar-refractivity contribution in [3.05, 3.63) is 48.1 Å². The van der Waals surface area contributed by atoms with Crippen LogP contribution in [0.2, 0.25) is 0 Å². The molecule has 0 bridgehead atoms. The van der Waals surface area contributed by atoms with Gasteiger partial charge in [0.2, 0.25) is 5.69 Å². The molecule has 0 saturated carbocycles. The number of fused-ring (bicyclic) bond motifs is 1. The van der Waals surface area contributed by atoms with E-state index in [2.05, 4.69) is 9.97 Å². The lowest BCUT2D eigenvalue weighted by atomic mass is 10.1. The molecule has 2 aromatic heterocycles. The van der Waals surface area contributed by atoms with Crippen molar-refractivity contribution in [3.63, 3.8) is 0 Å². The zero-order chi connectivity index (χ0) is 19.5. The van der Waals surface area contributed by atoms with Crippen molar-refractivity contribution in [1.29, 1.82) is 5.26 Å². The zero-order valence-electron chi connectivity index (χ0n) is 15.3. The van der Waals surface area contributed by atoms with Gasteiger partial charge in [-0.2, -0.15) is 5.26 Å². The Labute approximate surface area is 161 Å². The zero-order valence-corrected chi connectivity index (χ0v) is 15.3. The molecule has 8 nitrogen and oxygen atoms in total. The molecule has 1 saturated heterocycles. The summed E-state index contributed by atoms with van der Waals surface area (Å²) in [6, 6.07) is 9.20. The number of carbonyl (C=O) groups excluding carboxylic acids is 1. The minimum Gasteiger partial charge on any atom is -0.493 e. The van der Waals surface area contributed by atoms with Crippen LogP contribution in [0.4, 0.5) is 0 Å². The minimum absolute atomic E-state index is 0.135. The van der Waals surface area contributed by atoms with Crippen LogP contribution < -0.4 is 9.47 Å². The molecule has 0 spiro atoms. The van der Waals surface area contributed by atoms with Gasteiger partial charge in [0.1, 0.15) is 12.2 Å². The molecule has 142 valence electrons. The van der Waals surface area contributed by atoms with E-state index in [0.717, 1.165) is 18.2 Å². The fourth-order valence-corrected chi connectivity index (χ4v) is 3.32. The van der Waals surface area contributed by atoms with E-state index in [-0.39, 0.29) is 29.3 Å². The number of rotatable bonds is 4. The Morgan fingerprint density at radius 3 is 3.04 bits per heavy atom. The van der Waals surface area contributed by atoms with Crippen LogP contribution in [0.15, 0.2) is 41.1 Å². The molecule has 0 unspecified atom stereocenters. The summed E-state index contributed by atoms with van der Waals surface area (Å²) in [6.45, 7) is 0.993. The Hall–Kier alpha value is -3.60. The van der Waals surface area contributed by atoms with E-state index < -0.39 is 0 Å². The van der Waals surface area contributed by atoms with Gasteiger partial charge in [0.05, 0.1) is 13.7 Å². The number of amides is 1. The lowest BCUT2D eigenvalue weighted by molar-refractivity contribution is 0.0501. The third-order valence-corrected chi connectivity index (χ3v) is 4.65. The predicted molar refractivity (Wildman–Crippen MR) is 99.1 cm³/mol. The number of methoxy groups -OCH3 is 1. The summed E-state index contributed by atoms with van der Waals surface area (Å²) in [7, 11) is 1.56. The van der Waals surface area contributed by atoms with E-state index in [1.54, 1.807) is 24.1 Å². The van der Waals surface area contributed by atoms with Crippen LogP contribution in [-0.4, -0.2) is 47.1 Å². The molecular weight excluding hydrogens is 360 g/mol. The standard InChI is InChI=1S/C20H18N4O4/c1-26-16-6-2-4-13-10-17(28-18(13)16)20(25)24-9-3-5-14(12-24)27-19-15(11-21)22-7-8-23-19/h2,4,6-8,10,14H,3,5,9,12H2,1H3/t14-/m0/s1. The number of aromatic nitrogens is 2. The predicted octanol–water partition coefficient (Wildman–Crippen LogP) is 2.79. The Kier molecular flexibility index (Phi) is 4.81. The van der Waals surface area contributed by atoms with Crippen LogP contribution in [0.25, 0.3) is 11.0 Å². The van der Waals surface area contributed by atoms with Gasteiger partial charge in [0, 0.05) is 24.3 Å². The molecule has 4 rings (SSSR count). The summed E-state index contributed by atoms with van der Waals surface area (Å²) < 4.78 is 16.9. The first-order chi connectivity index (χ1) is 13.7. The van der Waals surface area contributed by atoms with Crippen molar-refractivity contribution in [2.24, 2.45) is 0 Å². The van der Waals surface area contributed by atoms with Crippen LogP contribution in [-0.2, 0) is 0 Å². The Balaban J connectivity index is 1.51. The van der Waals surface area contributed by atoms with Gasteiger partial charge < -0.3 is 18.8 Å². The first-order valence-corrected chi connectivity index (χ1v) is 8.93. The van der Waals surface area contributed by atoms with Gasteiger partial charge in [0.25, 0.3) is 11.8 Å². The molecule has 1 amide bonds. The molecule has 28 heavy (non-hydrogen) atoms. The number of para-hydroxylation sites is 1. The fourth-order valence-electron chi connectivity index (χ4n) is 3.32. The maximum atomic E-state index is 12.9. The number of likely N-dealkylation sites (tertiary alicyclic amines) is 1. The molecule has 0 radical (unpaired) electrons. The molecule has 0 aliphatic carbocycles. The maximum absolute atomic E-state index is 12.9. The number of carbonyl (C=O) groups is 1. The number of ether oxygens (including phenoxy) is 2. The number of nitriles is 1. The van der Waals surface area contributed by atoms with Crippen LogP contribution in [0.1, 0.15) is 29.1 Å². The summed E-state index contributed by atoms with van der Waals surface area (Å²) >= 11 is 0.